The van der Waals surface area contributed by atoms with Gasteiger partial charge in [0.05, 0.1) is 0 Å². The molecule has 0 spiro atoms. The van der Waals surface area contributed by atoms with Crippen LogP contribution in [0.25, 0.3) is 0 Å². The Kier molecular flexibility index (Phi) is 8.88. The van der Waals surface area contributed by atoms with Gasteiger partial charge in [-0.1, -0.05) is 48.0 Å². The lowest BCUT2D eigenvalue weighted by molar-refractivity contribution is 0.0766. The van der Waals surface area contributed by atoms with Gasteiger partial charge in [-0.15, -0.1) is 0 Å². The fourth-order valence-corrected chi connectivity index (χ4v) is 4.39. The third-order valence-electron chi connectivity index (χ3n) is 6.17. The number of nitrogens with zero attached hydrogens (tertiary/aromatic N) is 2. The van der Waals surface area contributed by atoms with Gasteiger partial charge in [0.25, 0.3) is 11.8 Å². The van der Waals surface area contributed by atoms with E-state index in [1.54, 1.807) is 6.07 Å². The predicted octanol–water partition coefficient (Wildman–Crippen LogP) is 5.24. The highest BCUT2D eigenvalue weighted by molar-refractivity contribution is 9.10. The fourth-order valence-electron chi connectivity index (χ4n) is 4.12. The maximum atomic E-state index is 12.9. The predicted molar refractivity (Wildman–Crippen MR) is 133 cm³/mol. The molecule has 1 heterocycles. The Balaban J connectivity index is 1.54. The van der Waals surface area contributed by atoms with E-state index in [-0.39, 0.29) is 11.8 Å². The summed E-state index contributed by atoms with van der Waals surface area (Å²) < 4.78 is 1.02. The SMILES string of the molecule is CCCN(CCCNC(=O)c1ccc2c(c1)C(=O)N(Cc1ccc(Br)cc1)C2)C(C)CC. The van der Waals surface area contributed by atoms with Gasteiger partial charge in [-0.25, -0.2) is 0 Å². The molecule has 2 aromatic carbocycles. The van der Waals surface area contributed by atoms with Gasteiger partial charge in [0, 0.05) is 47.8 Å². The molecule has 0 fully saturated rings. The molecule has 1 aliphatic heterocycles. The number of fused-ring (bicyclic) bond motifs is 1. The van der Waals surface area contributed by atoms with Crippen molar-refractivity contribution < 1.29 is 9.59 Å². The molecule has 3 rings (SSSR count). The summed E-state index contributed by atoms with van der Waals surface area (Å²) in [5.74, 6) is -0.126. The second kappa shape index (κ2) is 11.6. The zero-order chi connectivity index (χ0) is 23.1. The first-order chi connectivity index (χ1) is 15.4. The van der Waals surface area contributed by atoms with Crippen LogP contribution in [0.3, 0.4) is 0 Å². The van der Waals surface area contributed by atoms with Crippen molar-refractivity contribution in [3.8, 4) is 0 Å². The van der Waals surface area contributed by atoms with Crippen LogP contribution in [0.1, 0.15) is 71.9 Å². The highest BCUT2D eigenvalue weighted by Crippen LogP contribution is 2.26. The first kappa shape index (κ1) is 24.5. The van der Waals surface area contributed by atoms with Crippen molar-refractivity contribution >= 4 is 27.7 Å². The van der Waals surface area contributed by atoms with Gasteiger partial charge < -0.3 is 15.1 Å². The van der Waals surface area contributed by atoms with Crippen LogP contribution in [0.2, 0.25) is 0 Å². The van der Waals surface area contributed by atoms with Gasteiger partial charge in [0.1, 0.15) is 0 Å². The minimum absolute atomic E-state index is 0.0127. The summed E-state index contributed by atoms with van der Waals surface area (Å²) >= 11 is 3.44. The number of carbonyl (C=O) groups is 2. The van der Waals surface area contributed by atoms with Crippen LogP contribution in [0, 0.1) is 0 Å². The molecule has 0 aromatic heterocycles. The molecular weight excluding hydrogens is 466 g/mol. The smallest absolute Gasteiger partial charge is 0.254 e. The molecule has 1 atom stereocenters. The second-order valence-electron chi connectivity index (χ2n) is 8.56. The molecule has 1 N–H and O–H groups in total. The van der Waals surface area contributed by atoms with Crippen LogP contribution in [-0.4, -0.2) is 47.3 Å². The number of amides is 2. The van der Waals surface area contributed by atoms with Crippen molar-refractivity contribution in [3.63, 3.8) is 0 Å². The Morgan fingerprint density at radius 2 is 1.91 bits per heavy atom. The van der Waals surface area contributed by atoms with Crippen molar-refractivity contribution in [2.24, 2.45) is 0 Å². The molecule has 0 bridgehead atoms. The minimum atomic E-state index is -0.113. The van der Waals surface area contributed by atoms with E-state index in [1.165, 1.54) is 0 Å². The Labute approximate surface area is 200 Å². The van der Waals surface area contributed by atoms with E-state index in [4.69, 9.17) is 0 Å². The third kappa shape index (κ3) is 6.20. The van der Waals surface area contributed by atoms with Crippen LogP contribution >= 0.6 is 15.9 Å². The van der Waals surface area contributed by atoms with Crippen molar-refractivity contribution in [1.82, 2.24) is 15.1 Å². The first-order valence-electron chi connectivity index (χ1n) is 11.6. The second-order valence-corrected chi connectivity index (χ2v) is 9.48. The van der Waals surface area contributed by atoms with E-state index in [9.17, 15) is 9.59 Å². The van der Waals surface area contributed by atoms with Crippen LogP contribution in [-0.2, 0) is 13.1 Å². The largest absolute Gasteiger partial charge is 0.352 e. The lowest BCUT2D eigenvalue weighted by atomic mass is 10.1. The average molecular weight is 500 g/mol. The van der Waals surface area contributed by atoms with E-state index >= 15 is 0 Å². The van der Waals surface area contributed by atoms with E-state index in [0.717, 1.165) is 48.0 Å². The molecule has 0 aliphatic carbocycles. The Bertz CT molecular complexity index is 929. The normalized spacial score (nSPS) is 14.0. The van der Waals surface area contributed by atoms with E-state index < -0.39 is 0 Å². The number of benzene rings is 2. The summed E-state index contributed by atoms with van der Waals surface area (Å²) in [5, 5.41) is 3.02. The van der Waals surface area contributed by atoms with Crippen LogP contribution < -0.4 is 5.32 Å². The van der Waals surface area contributed by atoms with Gasteiger partial charge in [-0.2, -0.15) is 0 Å². The van der Waals surface area contributed by atoms with Gasteiger partial charge in [0.2, 0.25) is 0 Å². The molecule has 0 radical (unpaired) electrons. The maximum absolute atomic E-state index is 12.9. The van der Waals surface area contributed by atoms with Crippen molar-refractivity contribution in [1.29, 1.82) is 0 Å². The number of nitrogens with one attached hydrogen (secondary N) is 1. The van der Waals surface area contributed by atoms with Crippen LogP contribution in [0.15, 0.2) is 46.9 Å². The summed E-state index contributed by atoms with van der Waals surface area (Å²) in [5.41, 5.74) is 3.25. The summed E-state index contributed by atoms with van der Waals surface area (Å²) in [6, 6.07) is 14.0. The molecule has 1 aliphatic rings. The summed E-state index contributed by atoms with van der Waals surface area (Å²) in [7, 11) is 0. The van der Waals surface area contributed by atoms with Crippen molar-refractivity contribution in [2.75, 3.05) is 19.6 Å². The molecular formula is C26H34BrN3O2. The van der Waals surface area contributed by atoms with Gasteiger partial charge in [-0.3, -0.25) is 9.59 Å². The monoisotopic (exact) mass is 499 g/mol. The molecule has 0 saturated heterocycles. The van der Waals surface area contributed by atoms with Crippen LogP contribution in [0.4, 0.5) is 0 Å². The Morgan fingerprint density at radius 3 is 2.59 bits per heavy atom. The summed E-state index contributed by atoms with van der Waals surface area (Å²) in [6.07, 6.45) is 3.19. The zero-order valence-electron chi connectivity index (χ0n) is 19.4. The summed E-state index contributed by atoms with van der Waals surface area (Å²) in [4.78, 5) is 29.9. The van der Waals surface area contributed by atoms with Gasteiger partial charge in [-0.05, 0) is 68.1 Å². The average Bonchev–Trinajstić information content (AvgIpc) is 3.11. The molecule has 172 valence electrons. The number of halogens is 1. The lowest BCUT2D eigenvalue weighted by Crippen LogP contribution is -2.36. The van der Waals surface area contributed by atoms with E-state index in [1.807, 2.05) is 41.3 Å². The van der Waals surface area contributed by atoms with Crippen molar-refractivity contribution in [2.45, 2.75) is 59.2 Å². The third-order valence-corrected chi connectivity index (χ3v) is 6.70. The highest BCUT2D eigenvalue weighted by atomic mass is 79.9. The molecule has 2 amide bonds. The van der Waals surface area contributed by atoms with E-state index in [2.05, 4.69) is 46.9 Å². The van der Waals surface area contributed by atoms with Crippen LogP contribution in [0.5, 0.6) is 0 Å². The number of carbonyl (C=O) groups excluding carboxylic acids is 2. The topological polar surface area (TPSA) is 52.7 Å². The van der Waals surface area contributed by atoms with Gasteiger partial charge in [0.15, 0.2) is 0 Å². The Morgan fingerprint density at radius 1 is 1.16 bits per heavy atom. The fraction of sp³-hybridized carbons (Fsp3) is 0.462. The zero-order valence-corrected chi connectivity index (χ0v) is 21.0. The van der Waals surface area contributed by atoms with Gasteiger partial charge >= 0.3 is 0 Å². The first-order valence-corrected chi connectivity index (χ1v) is 12.4. The number of hydrogen-bond donors (Lipinski definition) is 1. The molecule has 0 saturated carbocycles. The molecule has 6 heteroatoms. The number of rotatable bonds is 11. The van der Waals surface area contributed by atoms with Crippen molar-refractivity contribution in [3.05, 3.63) is 69.2 Å². The Hall–Kier alpha value is -2.18. The summed E-state index contributed by atoms with van der Waals surface area (Å²) in [6.45, 7) is 10.5. The molecule has 32 heavy (non-hydrogen) atoms. The number of hydrogen-bond acceptors (Lipinski definition) is 3. The molecule has 5 nitrogen and oxygen atoms in total. The standard InChI is InChI=1S/C26H34BrN3O2/c1-4-14-29(19(3)5-2)15-6-13-28-25(31)21-9-10-22-18-30(26(32)24(22)16-21)17-20-7-11-23(27)12-8-20/h7-12,16,19H,4-6,13-15,17-18H2,1-3H3,(H,28,31). The molecule has 2 aromatic rings. The molecule has 1 unspecified atom stereocenters. The highest BCUT2D eigenvalue weighted by Gasteiger charge is 2.28. The lowest BCUT2D eigenvalue weighted by Gasteiger charge is -2.27. The maximum Gasteiger partial charge on any atom is 0.254 e. The minimum Gasteiger partial charge on any atom is -0.352 e. The van der Waals surface area contributed by atoms with E-state index in [0.29, 0.717) is 36.8 Å². The quantitative estimate of drug-likeness (QED) is 0.430.